The third-order valence-electron chi connectivity index (χ3n) is 3.10. The van der Waals surface area contributed by atoms with E-state index in [1.54, 1.807) is 0 Å². The molecule has 0 aromatic carbocycles. The van der Waals surface area contributed by atoms with E-state index in [4.69, 9.17) is 0 Å². The van der Waals surface area contributed by atoms with Crippen molar-refractivity contribution < 1.29 is 0 Å². The van der Waals surface area contributed by atoms with Gasteiger partial charge in [0, 0.05) is 6.04 Å². The van der Waals surface area contributed by atoms with Gasteiger partial charge in [0.25, 0.3) is 0 Å². The van der Waals surface area contributed by atoms with Crippen LogP contribution < -0.4 is 5.32 Å². The van der Waals surface area contributed by atoms with Gasteiger partial charge >= 0.3 is 0 Å². The largest absolute Gasteiger partial charge is 0.319 e. The lowest BCUT2D eigenvalue weighted by Crippen LogP contribution is -2.19. The summed E-state index contributed by atoms with van der Waals surface area (Å²) in [6.07, 6.45) is 8.62. The summed E-state index contributed by atoms with van der Waals surface area (Å²) < 4.78 is 3.48. The maximum Gasteiger partial charge on any atom is 0.123 e. The molecule has 0 saturated heterocycles. The Morgan fingerprint density at radius 3 is 2.87 bits per heavy atom. The highest BCUT2D eigenvalue weighted by Crippen LogP contribution is 2.31. The lowest BCUT2D eigenvalue weighted by molar-refractivity contribution is 0.340. The quantitative estimate of drug-likeness (QED) is 0.917. The SMILES string of the molecule is CNCc1ncc(Br)n1C1CCCCC1. The monoisotopic (exact) mass is 271 g/mol. The molecule has 0 unspecified atom stereocenters. The number of nitrogens with one attached hydrogen (secondary N) is 1. The number of rotatable bonds is 3. The van der Waals surface area contributed by atoms with Gasteiger partial charge in [0.1, 0.15) is 10.4 Å². The number of aromatic nitrogens is 2. The Morgan fingerprint density at radius 2 is 2.20 bits per heavy atom. The van der Waals surface area contributed by atoms with E-state index in [0.29, 0.717) is 6.04 Å². The van der Waals surface area contributed by atoms with Crippen molar-refractivity contribution in [1.82, 2.24) is 14.9 Å². The predicted molar refractivity (Wildman–Crippen MR) is 64.8 cm³/mol. The Bertz CT molecular complexity index is 316. The van der Waals surface area contributed by atoms with Gasteiger partial charge in [0.15, 0.2) is 0 Å². The van der Waals surface area contributed by atoms with Gasteiger partial charge in [-0.2, -0.15) is 0 Å². The fourth-order valence-corrected chi connectivity index (χ4v) is 2.99. The maximum absolute atomic E-state index is 4.43. The van der Waals surface area contributed by atoms with Crippen LogP contribution in [0, 0.1) is 0 Å². The van der Waals surface area contributed by atoms with Gasteiger partial charge in [0.2, 0.25) is 0 Å². The van der Waals surface area contributed by atoms with Crippen molar-refractivity contribution in [3.8, 4) is 0 Å². The first-order valence-electron chi connectivity index (χ1n) is 5.69. The minimum Gasteiger partial charge on any atom is -0.319 e. The molecule has 0 bridgehead atoms. The van der Waals surface area contributed by atoms with Gasteiger partial charge in [-0.1, -0.05) is 19.3 Å². The molecule has 84 valence electrons. The van der Waals surface area contributed by atoms with Crippen molar-refractivity contribution in [1.29, 1.82) is 0 Å². The zero-order valence-corrected chi connectivity index (χ0v) is 10.8. The van der Waals surface area contributed by atoms with Crippen molar-refractivity contribution in [2.75, 3.05) is 7.05 Å². The van der Waals surface area contributed by atoms with Gasteiger partial charge in [-0.25, -0.2) is 4.98 Å². The molecule has 0 amide bonds. The molecular weight excluding hydrogens is 254 g/mol. The predicted octanol–water partition coefficient (Wildman–Crippen LogP) is 2.87. The summed E-state index contributed by atoms with van der Waals surface area (Å²) in [7, 11) is 1.97. The summed E-state index contributed by atoms with van der Waals surface area (Å²) in [6, 6.07) is 0.652. The van der Waals surface area contributed by atoms with E-state index in [-0.39, 0.29) is 0 Å². The van der Waals surface area contributed by atoms with Crippen LogP contribution in [0.25, 0.3) is 0 Å². The first kappa shape index (κ1) is 11.1. The fourth-order valence-electron chi connectivity index (χ4n) is 2.39. The Morgan fingerprint density at radius 1 is 1.47 bits per heavy atom. The summed E-state index contributed by atoms with van der Waals surface area (Å²) in [5.41, 5.74) is 0. The standard InChI is InChI=1S/C11H18BrN3/c1-13-8-11-14-7-10(12)15(11)9-5-3-2-4-6-9/h7,9,13H,2-6,8H2,1H3. The first-order chi connectivity index (χ1) is 7.33. The number of imidazole rings is 1. The van der Waals surface area contributed by atoms with E-state index in [1.165, 1.54) is 32.1 Å². The molecule has 1 aliphatic carbocycles. The molecule has 3 nitrogen and oxygen atoms in total. The van der Waals surface area contributed by atoms with Crippen molar-refractivity contribution in [2.24, 2.45) is 0 Å². The van der Waals surface area contributed by atoms with Crippen LogP contribution in [0.5, 0.6) is 0 Å². The zero-order valence-electron chi connectivity index (χ0n) is 9.17. The van der Waals surface area contributed by atoms with Crippen LogP contribution in [0.2, 0.25) is 0 Å². The highest BCUT2D eigenvalue weighted by Gasteiger charge is 2.19. The van der Waals surface area contributed by atoms with E-state index in [2.05, 4.69) is 30.8 Å². The Hall–Kier alpha value is -0.350. The van der Waals surface area contributed by atoms with Gasteiger partial charge in [-0.15, -0.1) is 0 Å². The second kappa shape index (κ2) is 5.12. The molecule has 0 radical (unpaired) electrons. The number of halogens is 1. The second-order valence-corrected chi connectivity index (χ2v) is 5.00. The lowest BCUT2D eigenvalue weighted by atomic mass is 9.95. The van der Waals surface area contributed by atoms with Crippen molar-refractivity contribution in [2.45, 2.75) is 44.7 Å². The molecular formula is C11H18BrN3. The van der Waals surface area contributed by atoms with Crippen LogP contribution in [0.3, 0.4) is 0 Å². The molecule has 4 heteroatoms. The van der Waals surface area contributed by atoms with Crippen molar-refractivity contribution >= 4 is 15.9 Å². The smallest absolute Gasteiger partial charge is 0.123 e. The molecule has 0 atom stereocenters. The highest BCUT2D eigenvalue weighted by molar-refractivity contribution is 9.10. The summed E-state index contributed by atoms with van der Waals surface area (Å²) in [4.78, 5) is 4.43. The molecule has 1 N–H and O–H groups in total. The Kier molecular flexibility index (Phi) is 3.81. The Balaban J connectivity index is 2.19. The van der Waals surface area contributed by atoms with Crippen molar-refractivity contribution in [3.63, 3.8) is 0 Å². The fraction of sp³-hybridized carbons (Fsp3) is 0.727. The van der Waals surface area contributed by atoms with E-state index < -0.39 is 0 Å². The molecule has 2 rings (SSSR count). The van der Waals surface area contributed by atoms with Crippen LogP contribution >= 0.6 is 15.9 Å². The summed E-state index contributed by atoms with van der Waals surface area (Å²) in [5.74, 6) is 1.15. The van der Waals surface area contributed by atoms with Crippen molar-refractivity contribution in [3.05, 3.63) is 16.6 Å². The van der Waals surface area contributed by atoms with E-state index in [1.807, 2.05) is 13.2 Å². The lowest BCUT2D eigenvalue weighted by Gasteiger charge is -2.25. The molecule has 1 aromatic heterocycles. The molecule has 1 heterocycles. The number of hydrogen-bond acceptors (Lipinski definition) is 2. The Labute approximate surface area is 99.4 Å². The molecule has 1 fully saturated rings. The number of nitrogens with zero attached hydrogens (tertiary/aromatic N) is 2. The maximum atomic E-state index is 4.43. The average molecular weight is 272 g/mol. The third kappa shape index (κ3) is 2.42. The third-order valence-corrected chi connectivity index (χ3v) is 3.69. The normalized spacial score (nSPS) is 18.3. The summed E-state index contributed by atoms with van der Waals surface area (Å²) in [6.45, 7) is 0.849. The molecule has 1 saturated carbocycles. The van der Waals surface area contributed by atoms with Crippen LogP contribution in [-0.2, 0) is 6.54 Å². The highest BCUT2D eigenvalue weighted by atomic mass is 79.9. The average Bonchev–Trinajstić information content (AvgIpc) is 2.62. The zero-order chi connectivity index (χ0) is 10.7. The summed E-state index contributed by atoms with van der Waals surface area (Å²) >= 11 is 3.60. The van der Waals surface area contributed by atoms with Gasteiger partial charge in [-0.05, 0) is 35.8 Å². The molecule has 0 spiro atoms. The minimum absolute atomic E-state index is 0.652. The minimum atomic E-state index is 0.652. The first-order valence-corrected chi connectivity index (χ1v) is 6.48. The van der Waals surface area contributed by atoms with Crippen LogP contribution in [0.1, 0.15) is 44.0 Å². The molecule has 1 aromatic rings. The van der Waals surface area contributed by atoms with Crippen LogP contribution in [-0.4, -0.2) is 16.6 Å². The second-order valence-electron chi connectivity index (χ2n) is 4.19. The van der Waals surface area contributed by atoms with Crippen LogP contribution in [0.15, 0.2) is 10.8 Å². The summed E-state index contributed by atoms with van der Waals surface area (Å²) in [5, 5.41) is 3.17. The van der Waals surface area contributed by atoms with Gasteiger partial charge < -0.3 is 9.88 Å². The molecule has 15 heavy (non-hydrogen) atoms. The van der Waals surface area contributed by atoms with Gasteiger partial charge in [-0.3, -0.25) is 0 Å². The number of hydrogen-bond donors (Lipinski definition) is 1. The van der Waals surface area contributed by atoms with E-state index in [0.717, 1.165) is 17.0 Å². The van der Waals surface area contributed by atoms with Gasteiger partial charge in [0.05, 0.1) is 12.7 Å². The van der Waals surface area contributed by atoms with Crippen LogP contribution in [0.4, 0.5) is 0 Å². The molecule has 0 aliphatic heterocycles. The van der Waals surface area contributed by atoms with E-state index >= 15 is 0 Å². The molecule has 1 aliphatic rings. The topological polar surface area (TPSA) is 29.9 Å². The van der Waals surface area contributed by atoms with E-state index in [9.17, 15) is 0 Å².